The summed E-state index contributed by atoms with van der Waals surface area (Å²) in [6.07, 6.45) is 1.69. The summed E-state index contributed by atoms with van der Waals surface area (Å²) in [5.74, 6) is 1.65. The first-order valence-corrected chi connectivity index (χ1v) is 7.18. The third kappa shape index (κ3) is 6.08. The van der Waals surface area contributed by atoms with Crippen molar-refractivity contribution in [3.8, 4) is 5.75 Å². The van der Waals surface area contributed by atoms with E-state index in [-0.39, 0.29) is 6.61 Å². The quantitative estimate of drug-likeness (QED) is 0.675. The van der Waals surface area contributed by atoms with Gasteiger partial charge in [0.2, 0.25) is 0 Å². The van der Waals surface area contributed by atoms with Gasteiger partial charge in [-0.2, -0.15) is 0 Å². The number of ether oxygens (including phenoxy) is 1. The standard InChI is InChI=1S/C16H27NO2/c1-13(2)11-17-12-15-8-6-7-14(3)16(15)19-10-5-4-9-18/h6-8,13,17-18H,4-5,9-12H2,1-3H3. The fourth-order valence-electron chi connectivity index (χ4n) is 1.94. The van der Waals surface area contributed by atoms with E-state index in [1.54, 1.807) is 0 Å². The van der Waals surface area contributed by atoms with Crippen LogP contribution in [0.3, 0.4) is 0 Å². The zero-order valence-corrected chi connectivity index (χ0v) is 12.4. The fourth-order valence-corrected chi connectivity index (χ4v) is 1.94. The molecule has 19 heavy (non-hydrogen) atoms. The van der Waals surface area contributed by atoms with Gasteiger partial charge in [-0.3, -0.25) is 0 Å². The molecule has 0 fully saturated rings. The highest BCUT2D eigenvalue weighted by Crippen LogP contribution is 2.23. The van der Waals surface area contributed by atoms with Crippen molar-refractivity contribution in [3.63, 3.8) is 0 Å². The Bertz CT molecular complexity index is 364. The van der Waals surface area contributed by atoms with Crippen LogP contribution < -0.4 is 10.1 Å². The van der Waals surface area contributed by atoms with Crippen molar-refractivity contribution in [1.29, 1.82) is 0 Å². The summed E-state index contributed by atoms with van der Waals surface area (Å²) in [6, 6.07) is 6.26. The molecular formula is C16H27NO2. The van der Waals surface area contributed by atoms with Gasteiger partial charge in [-0.05, 0) is 37.8 Å². The van der Waals surface area contributed by atoms with Gasteiger partial charge in [-0.25, -0.2) is 0 Å². The molecule has 0 atom stereocenters. The van der Waals surface area contributed by atoms with E-state index in [2.05, 4.69) is 44.3 Å². The van der Waals surface area contributed by atoms with Gasteiger partial charge in [0.1, 0.15) is 5.75 Å². The number of aliphatic hydroxyl groups is 1. The average molecular weight is 265 g/mol. The second kappa shape index (κ2) is 8.94. The molecule has 1 aromatic rings. The lowest BCUT2D eigenvalue weighted by atomic mass is 10.1. The van der Waals surface area contributed by atoms with Gasteiger partial charge in [0.15, 0.2) is 0 Å². The van der Waals surface area contributed by atoms with Crippen LogP contribution in [-0.2, 0) is 6.54 Å². The van der Waals surface area contributed by atoms with Gasteiger partial charge in [-0.1, -0.05) is 32.0 Å². The highest BCUT2D eigenvalue weighted by atomic mass is 16.5. The molecule has 0 heterocycles. The Morgan fingerprint density at radius 2 is 2.05 bits per heavy atom. The lowest BCUT2D eigenvalue weighted by Gasteiger charge is -2.15. The summed E-state index contributed by atoms with van der Waals surface area (Å²) >= 11 is 0. The Hall–Kier alpha value is -1.06. The van der Waals surface area contributed by atoms with Gasteiger partial charge in [0.05, 0.1) is 6.61 Å². The van der Waals surface area contributed by atoms with Crippen LogP contribution in [0.25, 0.3) is 0 Å². The molecular weight excluding hydrogens is 238 g/mol. The summed E-state index contributed by atoms with van der Waals surface area (Å²) in [5.41, 5.74) is 2.39. The Labute approximate surface area is 117 Å². The number of nitrogens with one attached hydrogen (secondary N) is 1. The normalized spacial score (nSPS) is 11.0. The maximum atomic E-state index is 8.78. The molecule has 1 rings (SSSR count). The molecule has 0 aliphatic heterocycles. The number of unbranched alkanes of at least 4 members (excludes halogenated alkanes) is 1. The van der Waals surface area contributed by atoms with E-state index in [0.717, 1.165) is 31.7 Å². The van der Waals surface area contributed by atoms with Gasteiger partial charge in [0.25, 0.3) is 0 Å². The minimum absolute atomic E-state index is 0.236. The molecule has 108 valence electrons. The Kier molecular flexibility index (Phi) is 7.53. The average Bonchev–Trinajstić information content (AvgIpc) is 2.36. The van der Waals surface area contributed by atoms with Crippen molar-refractivity contribution < 1.29 is 9.84 Å². The number of hydrogen-bond acceptors (Lipinski definition) is 3. The van der Waals surface area contributed by atoms with Gasteiger partial charge in [-0.15, -0.1) is 0 Å². The van der Waals surface area contributed by atoms with E-state index in [9.17, 15) is 0 Å². The molecule has 3 nitrogen and oxygen atoms in total. The first-order chi connectivity index (χ1) is 9.15. The van der Waals surface area contributed by atoms with Gasteiger partial charge >= 0.3 is 0 Å². The largest absolute Gasteiger partial charge is 0.493 e. The summed E-state index contributed by atoms with van der Waals surface area (Å²) in [7, 11) is 0. The Morgan fingerprint density at radius 3 is 2.74 bits per heavy atom. The van der Waals surface area contributed by atoms with E-state index >= 15 is 0 Å². The monoisotopic (exact) mass is 265 g/mol. The van der Waals surface area contributed by atoms with E-state index in [1.165, 1.54) is 11.1 Å². The highest BCUT2D eigenvalue weighted by Gasteiger charge is 2.07. The molecule has 0 aliphatic carbocycles. The number of rotatable bonds is 9. The van der Waals surface area contributed by atoms with E-state index < -0.39 is 0 Å². The number of aryl methyl sites for hydroxylation is 1. The first-order valence-electron chi connectivity index (χ1n) is 7.18. The lowest BCUT2D eigenvalue weighted by molar-refractivity contribution is 0.251. The molecule has 0 spiro atoms. The van der Waals surface area contributed by atoms with Crippen LogP contribution in [0.4, 0.5) is 0 Å². The molecule has 0 saturated heterocycles. The molecule has 0 unspecified atom stereocenters. The number of benzene rings is 1. The van der Waals surface area contributed by atoms with Crippen LogP contribution in [0.1, 0.15) is 37.8 Å². The molecule has 1 aromatic carbocycles. The predicted molar refractivity (Wildman–Crippen MR) is 79.5 cm³/mol. The van der Waals surface area contributed by atoms with Crippen LogP contribution in [-0.4, -0.2) is 24.9 Å². The number of para-hydroxylation sites is 1. The first kappa shape index (κ1) is 16.0. The van der Waals surface area contributed by atoms with Crippen molar-refractivity contribution >= 4 is 0 Å². The van der Waals surface area contributed by atoms with E-state index in [4.69, 9.17) is 9.84 Å². The summed E-state index contributed by atoms with van der Waals surface area (Å²) in [5, 5.41) is 12.2. The molecule has 2 N–H and O–H groups in total. The summed E-state index contributed by atoms with van der Waals surface area (Å²) in [4.78, 5) is 0. The van der Waals surface area contributed by atoms with Crippen LogP contribution in [0.5, 0.6) is 5.75 Å². The SMILES string of the molecule is Cc1cccc(CNCC(C)C)c1OCCCCO. The van der Waals surface area contributed by atoms with Gasteiger partial charge < -0.3 is 15.2 Å². The Balaban J connectivity index is 2.56. The highest BCUT2D eigenvalue weighted by molar-refractivity contribution is 5.40. The lowest BCUT2D eigenvalue weighted by Crippen LogP contribution is -2.19. The zero-order valence-electron chi connectivity index (χ0n) is 12.4. The maximum absolute atomic E-state index is 8.78. The summed E-state index contributed by atoms with van der Waals surface area (Å²) < 4.78 is 5.88. The van der Waals surface area contributed by atoms with Gasteiger partial charge in [0, 0.05) is 18.7 Å². The molecule has 0 aliphatic rings. The minimum Gasteiger partial charge on any atom is -0.493 e. The van der Waals surface area contributed by atoms with E-state index in [0.29, 0.717) is 12.5 Å². The van der Waals surface area contributed by atoms with Crippen molar-refractivity contribution in [1.82, 2.24) is 5.32 Å². The topological polar surface area (TPSA) is 41.5 Å². The van der Waals surface area contributed by atoms with Crippen molar-refractivity contribution in [3.05, 3.63) is 29.3 Å². The second-order valence-corrected chi connectivity index (χ2v) is 5.37. The molecule has 0 saturated carbocycles. The molecule has 3 heteroatoms. The third-order valence-electron chi connectivity index (χ3n) is 2.96. The van der Waals surface area contributed by atoms with Crippen molar-refractivity contribution in [2.75, 3.05) is 19.8 Å². The second-order valence-electron chi connectivity index (χ2n) is 5.37. The molecule has 0 amide bonds. The zero-order chi connectivity index (χ0) is 14.1. The summed E-state index contributed by atoms with van der Waals surface area (Å²) in [6.45, 7) is 9.24. The third-order valence-corrected chi connectivity index (χ3v) is 2.96. The van der Waals surface area contributed by atoms with Crippen LogP contribution in [0, 0.1) is 12.8 Å². The maximum Gasteiger partial charge on any atom is 0.126 e. The molecule has 0 bridgehead atoms. The van der Waals surface area contributed by atoms with Crippen molar-refractivity contribution in [2.24, 2.45) is 5.92 Å². The molecule has 0 radical (unpaired) electrons. The number of hydrogen-bond donors (Lipinski definition) is 2. The van der Waals surface area contributed by atoms with Crippen molar-refractivity contribution in [2.45, 2.75) is 40.2 Å². The fraction of sp³-hybridized carbons (Fsp3) is 0.625. The minimum atomic E-state index is 0.236. The Morgan fingerprint density at radius 1 is 1.26 bits per heavy atom. The molecule has 0 aromatic heterocycles. The van der Waals surface area contributed by atoms with Crippen LogP contribution in [0.2, 0.25) is 0 Å². The smallest absolute Gasteiger partial charge is 0.126 e. The van der Waals surface area contributed by atoms with Crippen LogP contribution in [0.15, 0.2) is 18.2 Å². The van der Waals surface area contributed by atoms with Crippen LogP contribution >= 0.6 is 0 Å². The predicted octanol–water partition coefficient (Wildman–Crippen LogP) is 2.89. The number of aliphatic hydroxyl groups excluding tert-OH is 1. The van der Waals surface area contributed by atoms with E-state index in [1.807, 2.05) is 0 Å².